The Bertz CT molecular complexity index is 1050. The Hall–Kier alpha value is -2.19. The van der Waals surface area contributed by atoms with E-state index in [0.29, 0.717) is 30.0 Å². The fraction of sp³-hybridized carbons (Fsp3) is 0.333. The zero-order chi connectivity index (χ0) is 18.3. The molecule has 3 aromatic rings. The van der Waals surface area contributed by atoms with Gasteiger partial charge in [-0.05, 0) is 36.9 Å². The molecule has 4 rings (SSSR count). The Balaban J connectivity index is 1.65. The van der Waals surface area contributed by atoms with Crippen LogP contribution in [0.25, 0.3) is 5.65 Å². The third-order valence-electron chi connectivity index (χ3n) is 4.79. The van der Waals surface area contributed by atoms with Crippen molar-refractivity contribution in [3.05, 3.63) is 58.2 Å². The number of aryl methyl sites for hydroxylation is 1. The highest BCUT2D eigenvalue weighted by Crippen LogP contribution is 2.32. The van der Waals surface area contributed by atoms with Crippen molar-refractivity contribution >= 4 is 32.7 Å². The SMILES string of the molecule is Cc1nc2ccccn2c1C(=O)N1CCC(c2cccs2)S(=O)(=O)CC1. The van der Waals surface area contributed by atoms with Crippen molar-refractivity contribution in [2.24, 2.45) is 0 Å². The average molecular weight is 390 g/mol. The second kappa shape index (κ2) is 6.51. The van der Waals surface area contributed by atoms with Gasteiger partial charge in [0, 0.05) is 24.2 Å². The van der Waals surface area contributed by atoms with E-state index in [-0.39, 0.29) is 18.2 Å². The van der Waals surface area contributed by atoms with Crippen LogP contribution < -0.4 is 0 Å². The summed E-state index contributed by atoms with van der Waals surface area (Å²) in [5.41, 5.74) is 1.88. The molecule has 0 spiro atoms. The normalized spacial score (nSPS) is 20.2. The van der Waals surface area contributed by atoms with Crippen molar-refractivity contribution in [2.75, 3.05) is 18.8 Å². The van der Waals surface area contributed by atoms with Gasteiger partial charge in [0.1, 0.15) is 11.3 Å². The van der Waals surface area contributed by atoms with Crippen molar-refractivity contribution in [1.29, 1.82) is 0 Å². The Morgan fingerprint density at radius 2 is 2.08 bits per heavy atom. The number of sulfone groups is 1. The highest BCUT2D eigenvalue weighted by atomic mass is 32.2. The molecule has 6 nitrogen and oxygen atoms in total. The number of amides is 1. The highest BCUT2D eigenvalue weighted by molar-refractivity contribution is 7.91. The lowest BCUT2D eigenvalue weighted by atomic mass is 10.2. The number of pyridine rings is 1. The number of nitrogens with zero attached hydrogens (tertiary/aromatic N) is 3. The number of hydrogen-bond acceptors (Lipinski definition) is 5. The van der Waals surface area contributed by atoms with Crippen molar-refractivity contribution in [1.82, 2.24) is 14.3 Å². The molecule has 1 aliphatic rings. The van der Waals surface area contributed by atoms with Crippen LogP contribution >= 0.6 is 11.3 Å². The number of thiophene rings is 1. The Labute approximate surface area is 156 Å². The molecule has 0 aromatic carbocycles. The van der Waals surface area contributed by atoms with Gasteiger partial charge in [-0.1, -0.05) is 12.1 Å². The molecule has 0 N–H and O–H groups in total. The molecule has 26 heavy (non-hydrogen) atoms. The summed E-state index contributed by atoms with van der Waals surface area (Å²) < 4.78 is 27.1. The van der Waals surface area contributed by atoms with Crippen molar-refractivity contribution < 1.29 is 13.2 Å². The minimum atomic E-state index is -3.28. The monoisotopic (exact) mass is 389 g/mol. The van der Waals surface area contributed by atoms with E-state index in [4.69, 9.17) is 0 Å². The molecule has 0 saturated carbocycles. The van der Waals surface area contributed by atoms with Gasteiger partial charge in [0.2, 0.25) is 0 Å². The average Bonchev–Trinajstić information content (AvgIpc) is 3.20. The van der Waals surface area contributed by atoms with Crippen LogP contribution in [0.1, 0.15) is 32.7 Å². The molecule has 1 saturated heterocycles. The Morgan fingerprint density at radius 1 is 1.23 bits per heavy atom. The van der Waals surface area contributed by atoms with Gasteiger partial charge in [-0.25, -0.2) is 13.4 Å². The zero-order valence-electron chi connectivity index (χ0n) is 14.3. The number of hydrogen-bond donors (Lipinski definition) is 0. The lowest BCUT2D eigenvalue weighted by Crippen LogP contribution is -2.34. The van der Waals surface area contributed by atoms with Crippen LogP contribution in [-0.4, -0.2) is 47.5 Å². The van der Waals surface area contributed by atoms with Gasteiger partial charge >= 0.3 is 0 Å². The summed E-state index contributed by atoms with van der Waals surface area (Å²) in [6.07, 6.45) is 2.23. The molecular formula is C18H19N3O3S2. The summed E-state index contributed by atoms with van der Waals surface area (Å²) in [5.74, 6) is -0.180. The van der Waals surface area contributed by atoms with Gasteiger partial charge in [-0.15, -0.1) is 11.3 Å². The number of rotatable bonds is 2. The Kier molecular flexibility index (Phi) is 4.32. The molecule has 0 bridgehead atoms. The predicted molar refractivity (Wildman–Crippen MR) is 101 cm³/mol. The molecule has 1 amide bonds. The van der Waals surface area contributed by atoms with Crippen molar-refractivity contribution in [2.45, 2.75) is 18.6 Å². The van der Waals surface area contributed by atoms with Gasteiger partial charge in [-0.3, -0.25) is 9.20 Å². The predicted octanol–water partition coefficient (Wildman–Crippen LogP) is 2.71. The second-order valence-corrected chi connectivity index (χ2v) is 9.71. The van der Waals surface area contributed by atoms with Crippen molar-refractivity contribution in [3.63, 3.8) is 0 Å². The summed E-state index contributed by atoms with van der Waals surface area (Å²) in [6, 6.07) is 9.30. The largest absolute Gasteiger partial charge is 0.336 e. The smallest absolute Gasteiger partial charge is 0.272 e. The minimum absolute atomic E-state index is 0.0168. The lowest BCUT2D eigenvalue weighted by Gasteiger charge is -2.20. The van der Waals surface area contributed by atoms with E-state index < -0.39 is 15.1 Å². The van der Waals surface area contributed by atoms with E-state index in [1.165, 1.54) is 11.3 Å². The first-order valence-electron chi connectivity index (χ1n) is 8.45. The van der Waals surface area contributed by atoms with Gasteiger partial charge in [0.25, 0.3) is 5.91 Å². The van der Waals surface area contributed by atoms with Crippen LogP contribution in [0.4, 0.5) is 0 Å². The van der Waals surface area contributed by atoms with Crippen LogP contribution in [0.5, 0.6) is 0 Å². The van der Waals surface area contributed by atoms with Crippen LogP contribution in [0, 0.1) is 6.92 Å². The Morgan fingerprint density at radius 3 is 2.85 bits per heavy atom. The summed E-state index contributed by atoms with van der Waals surface area (Å²) in [5, 5.41) is 1.36. The lowest BCUT2D eigenvalue weighted by molar-refractivity contribution is 0.0759. The standard InChI is InChI=1S/C18H19N3O3S2/c1-13-17(21-8-3-2-6-16(21)19-13)18(22)20-9-7-15(14-5-4-11-25-14)26(23,24)12-10-20/h2-6,8,11,15H,7,9-10,12H2,1H3. The number of carbonyl (C=O) groups is 1. The highest BCUT2D eigenvalue weighted by Gasteiger charge is 2.34. The van der Waals surface area contributed by atoms with Gasteiger partial charge in [0.15, 0.2) is 9.84 Å². The summed E-state index contributed by atoms with van der Waals surface area (Å²) in [4.78, 5) is 20.1. The maximum absolute atomic E-state index is 13.1. The second-order valence-electron chi connectivity index (χ2n) is 6.43. The fourth-order valence-corrected chi connectivity index (χ4v) is 6.47. The first-order chi connectivity index (χ1) is 12.5. The number of fused-ring (bicyclic) bond motifs is 1. The molecular weight excluding hydrogens is 370 g/mol. The van der Waals surface area contributed by atoms with Gasteiger partial charge in [0.05, 0.1) is 16.7 Å². The van der Waals surface area contributed by atoms with Gasteiger partial charge in [-0.2, -0.15) is 0 Å². The van der Waals surface area contributed by atoms with E-state index in [2.05, 4.69) is 4.98 Å². The first kappa shape index (κ1) is 17.2. The third-order valence-corrected chi connectivity index (χ3v) is 8.04. The molecule has 1 fully saturated rings. The fourth-order valence-electron chi connectivity index (χ4n) is 3.46. The molecule has 3 aromatic heterocycles. The van der Waals surface area contributed by atoms with E-state index in [9.17, 15) is 13.2 Å². The van der Waals surface area contributed by atoms with Crippen LogP contribution in [-0.2, 0) is 9.84 Å². The number of aromatic nitrogens is 2. The molecule has 136 valence electrons. The molecule has 8 heteroatoms. The van der Waals surface area contributed by atoms with Crippen LogP contribution in [0.15, 0.2) is 41.9 Å². The molecule has 4 heterocycles. The van der Waals surface area contributed by atoms with Gasteiger partial charge < -0.3 is 4.90 Å². The topological polar surface area (TPSA) is 71.8 Å². The number of carbonyl (C=O) groups excluding carboxylic acids is 1. The van der Waals surface area contributed by atoms with Crippen LogP contribution in [0.3, 0.4) is 0 Å². The molecule has 1 atom stereocenters. The minimum Gasteiger partial charge on any atom is -0.336 e. The van der Waals surface area contributed by atoms with E-state index in [0.717, 1.165) is 4.88 Å². The molecule has 1 aliphatic heterocycles. The summed E-state index contributed by atoms with van der Waals surface area (Å²) in [6.45, 7) is 2.44. The summed E-state index contributed by atoms with van der Waals surface area (Å²) >= 11 is 1.46. The van der Waals surface area contributed by atoms with E-state index in [1.54, 1.807) is 9.30 Å². The van der Waals surface area contributed by atoms with Crippen molar-refractivity contribution in [3.8, 4) is 0 Å². The number of imidazole rings is 1. The van der Waals surface area contributed by atoms with E-state index in [1.807, 2.05) is 48.8 Å². The molecule has 0 radical (unpaired) electrons. The van der Waals surface area contributed by atoms with Crippen LogP contribution in [0.2, 0.25) is 0 Å². The molecule has 0 aliphatic carbocycles. The third kappa shape index (κ3) is 2.93. The maximum atomic E-state index is 13.1. The van der Waals surface area contributed by atoms with E-state index >= 15 is 0 Å². The quantitative estimate of drug-likeness (QED) is 0.676. The first-order valence-corrected chi connectivity index (χ1v) is 11.0. The summed E-state index contributed by atoms with van der Waals surface area (Å²) in [7, 11) is -3.28. The maximum Gasteiger partial charge on any atom is 0.272 e. The molecule has 1 unspecified atom stereocenters. The zero-order valence-corrected chi connectivity index (χ0v) is 16.0.